The summed E-state index contributed by atoms with van der Waals surface area (Å²) in [5.41, 5.74) is 0.986. The van der Waals surface area contributed by atoms with Crippen LogP contribution in [0, 0.1) is 12.8 Å². The minimum absolute atomic E-state index is 0.613. The van der Waals surface area contributed by atoms with Gasteiger partial charge in [-0.3, -0.25) is 0 Å². The van der Waals surface area contributed by atoms with Crippen LogP contribution in [-0.2, 0) is 19.4 Å². The van der Waals surface area contributed by atoms with E-state index in [4.69, 9.17) is 4.52 Å². The summed E-state index contributed by atoms with van der Waals surface area (Å²) >= 11 is 1.96. The van der Waals surface area contributed by atoms with E-state index in [0.717, 1.165) is 24.4 Å². The molecule has 0 aliphatic heterocycles. The lowest BCUT2D eigenvalue weighted by molar-refractivity contribution is 0.329. The standard InChI is InChI=1S/C18H26N2OS/c1-3-5-16-8-9-17(22-16)12-19-18-7-4-6-14(18)11-15-10-13(2)20-21-15/h8-10,14,18-19H,3-7,11-12H2,1-2H3/t14-,18+/m0/s1. The first-order valence-corrected chi connectivity index (χ1v) is 9.29. The Balaban J connectivity index is 1.52. The van der Waals surface area contributed by atoms with Crippen molar-refractivity contribution in [2.45, 2.75) is 65.0 Å². The van der Waals surface area contributed by atoms with Gasteiger partial charge in [-0.2, -0.15) is 0 Å². The van der Waals surface area contributed by atoms with E-state index in [9.17, 15) is 0 Å². The Morgan fingerprint density at radius 1 is 1.32 bits per heavy atom. The summed E-state index contributed by atoms with van der Waals surface area (Å²) in [6.07, 6.45) is 7.36. The molecule has 3 nitrogen and oxygen atoms in total. The molecule has 1 aliphatic carbocycles. The van der Waals surface area contributed by atoms with Gasteiger partial charge >= 0.3 is 0 Å². The Labute approximate surface area is 137 Å². The lowest BCUT2D eigenvalue weighted by atomic mass is 9.98. The monoisotopic (exact) mass is 318 g/mol. The minimum Gasteiger partial charge on any atom is -0.361 e. The summed E-state index contributed by atoms with van der Waals surface area (Å²) in [4.78, 5) is 2.98. The smallest absolute Gasteiger partial charge is 0.137 e. The molecule has 0 amide bonds. The number of hydrogen-bond acceptors (Lipinski definition) is 4. The maximum atomic E-state index is 5.39. The summed E-state index contributed by atoms with van der Waals surface area (Å²) < 4.78 is 5.39. The molecule has 0 spiro atoms. The van der Waals surface area contributed by atoms with E-state index >= 15 is 0 Å². The van der Waals surface area contributed by atoms with Crippen LogP contribution in [0.2, 0.25) is 0 Å². The molecule has 1 saturated carbocycles. The van der Waals surface area contributed by atoms with E-state index in [1.165, 1.54) is 41.9 Å². The summed E-state index contributed by atoms with van der Waals surface area (Å²) in [6.45, 7) is 5.24. The molecule has 0 saturated heterocycles. The highest BCUT2D eigenvalue weighted by molar-refractivity contribution is 7.11. The van der Waals surface area contributed by atoms with E-state index in [1.807, 2.05) is 18.3 Å². The highest BCUT2D eigenvalue weighted by atomic mass is 32.1. The van der Waals surface area contributed by atoms with Crippen LogP contribution < -0.4 is 5.32 Å². The van der Waals surface area contributed by atoms with E-state index in [1.54, 1.807) is 0 Å². The molecule has 120 valence electrons. The van der Waals surface area contributed by atoms with Crippen molar-refractivity contribution in [3.8, 4) is 0 Å². The number of aromatic nitrogens is 1. The molecule has 1 fully saturated rings. The Morgan fingerprint density at radius 3 is 2.95 bits per heavy atom. The molecule has 0 aromatic carbocycles. The number of nitrogens with zero attached hydrogens (tertiary/aromatic N) is 1. The van der Waals surface area contributed by atoms with Gasteiger partial charge in [-0.05, 0) is 44.2 Å². The number of thiophene rings is 1. The minimum atomic E-state index is 0.613. The van der Waals surface area contributed by atoms with E-state index in [2.05, 4.69) is 35.6 Å². The predicted octanol–water partition coefficient (Wildman–Crippen LogP) is 4.50. The molecule has 2 aromatic heterocycles. The van der Waals surface area contributed by atoms with Crippen molar-refractivity contribution in [3.05, 3.63) is 39.4 Å². The highest BCUT2D eigenvalue weighted by Gasteiger charge is 2.28. The van der Waals surface area contributed by atoms with Crippen LogP contribution in [0.25, 0.3) is 0 Å². The average Bonchev–Trinajstić information content (AvgIpc) is 3.20. The molecule has 2 heterocycles. The van der Waals surface area contributed by atoms with Crippen LogP contribution in [-0.4, -0.2) is 11.2 Å². The van der Waals surface area contributed by atoms with Gasteiger partial charge in [0.1, 0.15) is 5.76 Å². The molecule has 0 radical (unpaired) electrons. The zero-order chi connectivity index (χ0) is 15.4. The number of hydrogen-bond donors (Lipinski definition) is 1. The van der Waals surface area contributed by atoms with Crippen LogP contribution >= 0.6 is 11.3 Å². The number of rotatable bonds is 7. The normalized spacial score (nSPS) is 21.5. The van der Waals surface area contributed by atoms with Gasteiger partial charge in [-0.25, -0.2) is 0 Å². The van der Waals surface area contributed by atoms with Gasteiger partial charge < -0.3 is 9.84 Å². The lowest BCUT2D eigenvalue weighted by Crippen LogP contribution is -2.32. The first-order valence-electron chi connectivity index (χ1n) is 8.47. The fourth-order valence-electron chi connectivity index (χ4n) is 3.45. The Morgan fingerprint density at radius 2 is 2.18 bits per heavy atom. The van der Waals surface area contributed by atoms with Gasteiger partial charge in [0, 0.05) is 34.8 Å². The first kappa shape index (κ1) is 15.8. The summed E-state index contributed by atoms with van der Waals surface area (Å²) in [5.74, 6) is 1.72. The largest absolute Gasteiger partial charge is 0.361 e. The molecule has 0 unspecified atom stereocenters. The van der Waals surface area contributed by atoms with E-state index in [-0.39, 0.29) is 0 Å². The Bertz CT molecular complexity index is 589. The van der Waals surface area contributed by atoms with Gasteiger partial charge in [-0.15, -0.1) is 11.3 Å². The number of nitrogens with one attached hydrogen (secondary N) is 1. The zero-order valence-electron chi connectivity index (χ0n) is 13.6. The molecule has 2 atom stereocenters. The van der Waals surface area contributed by atoms with Crippen LogP contribution in [0.1, 0.15) is 53.8 Å². The molecule has 22 heavy (non-hydrogen) atoms. The molecule has 4 heteroatoms. The Hall–Kier alpha value is -1.13. The van der Waals surface area contributed by atoms with Crippen LogP contribution in [0.15, 0.2) is 22.7 Å². The zero-order valence-corrected chi connectivity index (χ0v) is 14.4. The number of aryl methyl sites for hydroxylation is 2. The summed E-state index contributed by atoms with van der Waals surface area (Å²) in [5, 5.41) is 7.78. The van der Waals surface area contributed by atoms with Crippen molar-refractivity contribution in [2.24, 2.45) is 5.92 Å². The third-order valence-electron chi connectivity index (χ3n) is 4.55. The first-order chi connectivity index (χ1) is 10.7. The summed E-state index contributed by atoms with van der Waals surface area (Å²) in [6, 6.07) is 7.26. The quantitative estimate of drug-likeness (QED) is 0.817. The molecule has 2 aromatic rings. The molecule has 1 aliphatic rings. The predicted molar refractivity (Wildman–Crippen MR) is 91.2 cm³/mol. The van der Waals surface area contributed by atoms with Gasteiger partial charge in [0.05, 0.1) is 5.69 Å². The second-order valence-electron chi connectivity index (χ2n) is 6.44. The van der Waals surface area contributed by atoms with Crippen molar-refractivity contribution in [2.75, 3.05) is 0 Å². The third kappa shape index (κ3) is 3.99. The van der Waals surface area contributed by atoms with Crippen LogP contribution in [0.5, 0.6) is 0 Å². The fourth-order valence-corrected chi connectivity index (χ4v) is 4.52. The Kier molecular flexibility index (Phi) is 5.32. The van der Waals surface area contributed by atoms with Crippen molar-refractivity contribution >= 4 is 11.3 Å². The molecular formula is C18H26N2OS. The average molecular weight is 318 g/mol. The molecule has 3 rings (SSSR count). The maximum Gasteiger partial charge on any atom is 0.137 e. The van der Waals surface area contributed by atoms with E-state index in [0.29, 0.717) is 12.0 Å². The van der Waals surface area contributed by atoms with Crippen LogP contribution in [0.4, 0.5) is 0 Å². The van der Waals surface area contributed by atoms with Gasteiger partial charge in [0.15, 0.2) is 0 Å². The second-order valence-corrected chi connectivity index (χ2v) is 7.69. The van der Waals surface area contributed by atoms with Crippen molar-refractivity contribution in [3.63, 3.8) is 0 Å². The van der Waals surface area contributed by atoms with Gasteiger partial charge in [-0.1, -0.05) is 24.9 Å². The molecule has 1 N–H and O–H groups in total. The van der Waals surface area contributed by atoms with Crippen molar-refractivity contribution in [1.29, 1.82) is 0 Å². The van der Waals surface area contributed by atoms with Gasteiger partial charge in [0.25, 0.3) is 0 Å². The molecule has 0 bridgehead atoms. The SMILES string of the molecule is CCCc1ccc(CN[C@@H]2CCC[C@H]2Cc2cc(C)no2)s1. The van der Waals surface area contributed by atoms with E-state index < -0.39 is 0 Å². The fraction of sp³-hybridized carbons (Fsp3) is 0.611. The van der Waals surface area contributed by atoms with Crippen molar-refractivity contribution in [1.82, 2.24) is 10.5 Å². The second kappa shape index (κ2) is 7.42. The van der Waals surface area contributed by atoms with Gasteiger partial charge in [0.2, 0.25) is 0 Å². The third-order valence-corrected chi connectivity index (χ3v) is 5.70. The lowest BCUT2D eigenvalue weighted by Gasteiger charge is -2.19. The summed E-state index contributed by atoms with van der Waals surface area (Å²) in [7, 11) is 0. The van der Waals surface area contributed by atoms with Crippen molar-refractivity contribution < 1.29 is 4.52 Å². The highest BCUT2D eigenvalue weighted by Crippen LogP contribution is 2.29. The maximum absolute atomic E-state index is 5.39. The van der Waals surface area contributed by atoms with Crippen LogP contribution in [0.3, 0.4) is 0 Å². The molecular weight excluding hydrogens is 292 g/mol. The topological polar surface area (TPSA) is 38.1 Å².